The maximum atomic E-state index is 11.7. The van der Waals surface area contributed by atoms with Gasteiger partial charge in [0.15, 0.2) is 11.2 Å². The summed E-state index contributed by atoms with van der Waals surface area (Å²) in [7, 11) is 0. The Bertz CT molecular complexity index is 817. The van der Waals surface area contributed by atoms with E-state index in [1.165, 1.54) is 18.5 Å². The Morgan fingerprint density at radius 2 is 1.95 bits per heavy atom. The minimum atomic E-state index is -1.00. The molecule has 1 aromatic carbocycles. The number of carbonyl (C=O) groups is 1. The number of nitrogens with one attached hydrogen (secondary N) is 2. The number of imidazole rings is 1. The van der Waals surface area contributed by atoms with E-state index < -0.39 is 5.97 Å². The number of carboxylic acids is 1. The summed E-state index contributed by atoms with van der Waals surface area (Å²) in [6, 6.07) is 6.08. The van der Waals surface area contributed by atoms with E-state index in [2.05, 4.69) is 19.9 Å². The number of rotatable bonds is 2. The van der Waals surface area contributed by atoms with Gasteiger partial charge in [0.2, 0.25) is 0 Å². The van der Waals surface area contributed by atoms with Gasteiger partial charge in [-0.1, -0.05) is 12.1 Å². The molecule has 0 aliphatic heterocycles. The van der Waals surface area contributed by atoms with Crippen LogP contribution in [0.3, 0.4) is 0 Å². The van der Waals surface area contributed by atoms with Crippen molar-refractivity contribution in [3.8, 4) is 11.4 Å². The van der Waals surface area contributed by atoms with Gasteiger partial charge in [0.05, 0.1) is 11.9 Å². The molecule has 0 bridgehead atoms. The first kappa shape index (κ1) is 11.1. The number of benzene rings is 1. The summed E-state index contributed by atoms with van der Waals surface area (Å²) in [6.07, 6.45) is 1.39. The third-order valence-corrected chi connectivity index (χ3v) is 2.70. The molecule has 2 heterocycles. The van der Waals surface area contributed by atoms with Gasteiger partial charge in [-0.15, -0.1) is 0 Å². The van der Waals surface area contributed by atoms with Crippen molar-refractivity contribution >= 4 is 17.1 Å². The van der Waals surface area contributed by atoms with E-state index in [9.17, 15) is 9.59 Å². The highest BCUT2D eigenvalue weighted by Gasteiger charge is 2.08. The zero-order valence-electron chi connectivity index (χ0n) is 9.54. The Hall–Kier alpha value is -2.96. The van der Waals surface area contributed by atoms with Crippen molar-refractivity contribution < 1.29 is 9.90 Å². The first-order valence-corrected chi connectivity index (χ1v) is 5.42. The van der Waals surface area contributed by atoms with Gasteiger partial charge in [-0.3, -0.25) is 4.79 Å². The van der Waals surface area contributed by atoms with E-state index in [1.54, 1.807) is 12.1 Å². The highest BCUT2D eigenvalue weighted by molar-refractivity contribution is 5.88. The lowest BCUT2D eigenvalue weighted by atomic mass is 10.1. The molecule has 19 heavy (non-hydrogen) atoms. The number of hydrogen-bond donors (Lipinski definition) is 3. The minimum absolute atomic E-state index is 0.175. The predicted molar refractivity (Wildman–Crippen MR) is 66.9 cm³/mol. The van der Waals surface area contributed by atoms with E-state index >= 15 is 0 Å². The summed E-state index contributed by atoms with van der Waals surface area (Å²) in [5, 5.41) is 8.82. The lowest BCUT2D eigenvalue weighted by molar-refractivity contribution is 0.0697. The Labute approximate surface area is 106 Å². The van der Waals surface area contributed by atoms with Crippen LogP contribution in [-0.4, -0.2) is 31.0 Å². The molecule has 3 aromatic rings. The molecule has 0 unspecified atom stereocenters. The Morgan fingerprint density at radius 3 is 2.63 bits per heavy atom. The summed E-state index contributed by atoms with van der Waals surface area (Å²) >= 11 is 0. The molecule has 2 aromatic heterocycles. The van der Waals surface area contributed by atoms with Crippen molar-refractivity contribution in [2.75, 3.05) is 0 Å². The summed E-state index contributed by atoms with van der Waals surface area (Å²) in [6.45, 7) is 0. The average molecular weight is 256 g/mol. The molecular weight excluding hydrogens is 248 g/mol. The molecule has 0 amide bonds. The van der Waals surface area contributed by atoms with E-state index in [4.69, 9.17) is 5.11 Å². The van der Waals surface area contributed by atoms with Crippen LogP contribution in [0.5, 0.6) is 0 Å². The maximum absolute atomic E-state index is 11.7. The Kier molecular flexibility index (Phi) is 2.38. The molecule has 0 fully saturated rings. The zero-order chi connectivity index (χ0) is 13.4. The van der Waals surface area contributed by atoms with Gasteiger partial charge in [0, 0.05) is 5.56 Å². The number of H-pyrrole nitrogens is 2. The van der Waals surface area contributed by atoms with Gasteiger partial charge in [-0.05, 0) is 12.1 Å². The molecule has 0 aliphatic rings. The van der Waals surface area contributed by atoms with Crippen LogP contribution in [0.1, 0.15) is 10.4 Å². The number of carboxylic acid groups (broad SMARTS) is 1. The quantitative estimate of drug-likeness (QED) is 0.633. The highest BCUT2D eigenvalue weighted by atomic mass is 16.4. The largest absolute Gasteiger partial charge is 0.478 e. The summed E-state index contributed by atoms with van der Waals surface area (Å²) in [4.78, 5) is 35.9. The fraction of sp³-hybridized carbons (Fsp3) is 0. The van der Waals surface area contributed by atoms with Crippen LogP contribution in [0.25, 0.3) is 22.6 Å². The third kappa shape index (κ3) is 1.86. The molecule has 3 N–H and O–H groups in total. The first-order chi connectivity index (χ1) is 9.15. The third-order valence-electron chi connectivity index (χ3n) is 2.70. The van der Waals surface area contributed by atoms with Crippen molar-refractivity contribution in [1.82, 2.24) is 19.9 Å². The van der Waals surface area contributed by atoms with Crippen molar-refractivity contribution in [1.29, 1.82) is 0 Å². The lowest BCUT2D eigenvalue weighted by Gasteiger charge is -2.01. The second kappa shape index (κ2) is 4.05. The van der Waals surface area contributed by atoms with Gasteiger partial charge >= 0.3 is 5.97 Å². The maximum Gasteiger partial charge on any atom is 0.335 e. The second-order valence-electron chi connectivity index (χ2n) is 3.90. The Morgan fingerprint density at radius 1 is 1.21 bits per heavy atom. The molecule has 7 heteroatoms. The van der Waals surface area contributed by atoms with Crippen LogP contribution in [0.15, 0.2) is 35.4 Å². The van der Waals surface area contributed by atoms with E-state index in [1.807, 2.05) is 0 Å². The fourth-order valence-electron chi connectivity index (χ4n) is 1.75. The molecule has 0 saturated carbocycles. The van der Waals surface area contributed by atoms with Crippen LogP contribution in [0.2, 0.25) is 0 Å². The molecule has 94 valence electrons. The van der Waals surface area contributed by atoms with Gasteiger partial charge in [-0.25, -0.2) is 14.8 Å². The molecule has 7 nitrogen and oxygen atoms in total. The number of aromatic nitrogens is 4. The fourth-order valence-corrected chi connectivity index (χ4v) is 1.75. The molecule has 0 spiro atoms. The zero-order valence-corrected chi connectivity index (χ0v) is 9.54. The normalized spacial score (nSPS) is 10.7. The van der Waals surface area contributed by atoms with E-state index in [0.29, 0.717) is 17.0 Å². The summed E-state index contributed by atoms with van der Waals surface area (Å²) in [5.41, 5.74) is 1.09. The van der Waals surface area contributed by atoms with E-state index in [0.717, 1.165) is 0 Å². The van der Waals surface area contributed by atoms with Crippen LogP contribution < -0.4 is 5.56 Å². The average Bonchev–Trinajstić information content (AvgIpc) is 2.87. The number of aromatic amines is 2. The number of aromatic carboxylic acids is 1. The Balaban J connectivity index is 2.13. The standard InChI is InChI=1S/C12H8N4O3/c17-11-8-10(14-5-13-8)15-9(16-11)6-1-3-7(4-2-6)12(18)19/h1-5H,(H,18,19)(H2,13,14,15,16,17). The smallest absolute Gasteiger partial charge is 0.335 e. The minimum Gasteiger partial charge on any atom is -0.478 e. The van der Waals surface area contributed by atoms with Gasteiger partial charge in [0.1, 0.15) is 5.82 Å². The van der Waals surface area contributed by atoms with Crippen LogP contribution >= 0.6 is 0 Å². The predicted octanol–water partition coefficient (Wildman–Crippen LogP) is 1.01. The first-order valence-electron chi connectivity index (χ1n) is 5.42. The lowest BCUT2D eigenvalue weighted by Crippen LogP contribution is -2.09. The molecule has 0 atom stereocenters. The summed E-state index contributed by atoms with van der Waals surface area (Å²) < 4.78 is 0. The van der Waals surface area contributed by atoms with Crippen LogP contribution in [0.4, 0.5) is 0 Å². The molecule has 0 saturated heterocycles. The van der Waals surface area contributed by atoms with Gasteiger partial charge < -0.3 is 15.1 Å². The highest BCUT2D eigenvalue weighted by Crippen LogP contribution is 2.15. The summed E-state index contributed by atoms with van der Waals surface area (Å²) in [5.74, 6) is -0.643. The van der Waals surface area contributed by atoms with Crippen molar-refractivity contribution in [3.63, 3.8) is 0 Å². The van der Waals surface area contributed by atoms with Gasteiger partial charge in [-0.2, -0.15) is 0 Å². The molecule has 0 aliphatic carbocycles. The topological polar surface area (TPSA) is 112 Å². The van der Waals surface area contributed by atoms with Crippen molar-refractivity contribution in [2.24, 2.45) is 0 Å². The molecule has 0 radical (unpaired) electrons. The molecular formula is C12H8N4O3. The van der Waals surface area contributed by atoms with E-state index in [-0.39, 0.29) is 16.6 Å². The monoisotopic (exact) mass is 256 g/mol. The number of nitrogens with zero attached hydrogens (tertiary/aromatic N) is 2. The van der Waals surface area contributed by atoms with Gasteiger partial charge in [0.25, 0.3) is 5.56 Å². The van der Waals surface area contributed by atoms with Crippen molar-refractivity contribution in [2.45, 2.75) is 0 Å². The van der Waals surface area contributed by atoms with Crippen LogP contribution in [0, 0.1) is 0 Å². The van der Waals surface area contributed by atoms with Crippen molar-refractivity contribution in [3.05, 3.63) is 46.5 Å². The second-order valence-corrected chi connectivity index (χ2v) is 3.90. The number of fused-ring (bicyclic) bond motifs is 1. The van der Waals surface area contributed by atoms with Crippen LogP contribution in [-0.2, 0) is 0 Å². The molecule has 3 rings (SSSR count). The number of hydrogen-bond acceptors (Lipinski definition) is 4. The SMILES string of the molecule is O=C(O)c1ccc(-c2nc3[nH]cnc3c(=O)[nH]2)cc1.